The number of anilines is 1. The molecule has 0 bridgehead atoms. The van der Waals surface area contributed by atoms with Gasteiger partial charge in [-0.3, -0.25) is 4.79 Å². The number of carbonyl (C=O) groups excluding carboxylic acids is 1. The number of ether oxygens (including phenoxy) is 2. The molecule has 1 aromatic carbocycles. The van der Waals surface area contributed by atoms with E-state index in [2.05, 4.69) is 11.4 Å². The van der Waals surface area contributed by atoms with Gasteiger partial charge in [0.2, 0.25) is 0 Å². The number of hydrogen-bond donors (Lipinski definition) is 1. The van der Waals surface area contributed by atoms with Gasteiger partial charge in [-0.25, -0.2) is 0 Å². The number of nitriles is 1. The van der Waals surface area contributed by atoms with Crippen LogP contribution in [0.4, 0.5) is 5.69 Å². The predicted octanol–water partition coefficient (Wildman–Crippen LogP) is 3.24. The van der Waals surface area contributed by atoms with Crippen molar-refractivity contribution in [1.82, 2.24) is 0 Å². The molecule has 1 aromatic rings. The first-order valence-corrected chi connectivity index (χ1v) is 7.69. The zero-order valence-electron chi connectivity index (χ0n) is 13.1. The molecule has 0 radical (unpaired) electrons. The number of rotatable bonds is 6. The van der Waals surface area contributed by atoms with Gasteiger partial charge in [0.25, 0.3) is 5.91 Å². The molecule has 1 aliphatic carbocycles. The van der Waals surface area contributed by atoms with E-state index in [1.165, 1.54) is 0 Å². The Morgan fingerprint density at radius 1 is 1.41 bits per heavy atom. The third kappa shape index (κ3) is 3.40. The maximum absolute atomic E-state index is 12.5. The highest BCUT2D eigenvalue weighted by molar-refractivity contribution is 5.98. The Kier molecular flexibility index (Phi) is 5.40. The molecule has 0 heterocycles. The molecule has 0 aromatic heterocycles. The first kappa shape index (κ1) is 16.3. The van der Waals surface area contributed by atoms with Crippen molar-refractivity contribution in [3.05, 3.63) is 23.8 Å². The van der Waals surface area contributed by atoms with Crippen LogP contribution in [0.25, 0.3) is 0 Å². The van der Waals surface area contributed by atoms with Gasteiger partial charge in [-0.15, -0.1) is 0 Å². The minimum absolute atomic E-state index is 0.175. The van der Waals surface area contributed by atoms with Gasteiger partial charge in [0.05, 0.1) is 17.9 Å². The Hall–Kier alpha value is -2.06. The van der Waals surface area contributed by atoms with Crippen LogP contribution in [0.5, 0.6) is 5.75 Å². The van der Waals surface area contributed by atoms with E-state index in [1.807, 2.05) is 6.92 Å². The van der Waals surface area contributed by atoms with Crippen molar-refractivity contribution in [3.63, 3.8) is 0 Å². The maximum atomic E-state index is 12.5. The third-order valence-corrected chi connectivity index (χ3v) is 4.05. The molecule has 5 nitrogen and oxygen atoms in total. The van der Waals surface area contributed by atoms with Crippen molar-refractivity contribution < 1.29 is 14.3 Å². The van der Waals surface area contributed by atoms with E-state index in [1.54, 1.807) is 25.3 Å². The smallest absolute Gasteiger partial charge is 0.256 e. The van der Waals surface area contributed by atoms with Gasteiger partial charge in [0, 0.05) is 7.11 Å². The summed E-state index contributed by atoms with van der Waals surface area (Å²) in [5.74, 6) is 0.463. The van der Waals surface area contributed by atoms with E-state index < -0.39 is 5.60 Å². The Labute approximate surface area is 131 Å². The average Bonchev–Trinajstić information content (AvgIpc) is 3.04. The maximum Gasteiger partial charge on any atom is 0.256 e. The summed E-state index contributed by atoms with van der Waals surface area (Å²) in [5, 5.41) is 12.1. The van der Waals surface area contributed by atoms with Crippen LogP contribution < -0.4 is 10.1 Å². The van der Waals surface area contributed by atoms with Crippen molar-refractivity contribution in [2.24, 2.45) is 0 Å². The van der Waals surface area contributed by atoms with Gasteiger partial charge >= 0.3 is 0 Å². The van der Waals surface area contributed by atoms with E-state index in [0.29, 0.717) is 23.6 Å². The first-order valence-electron chi connectivity index (χ1n) is 7.69. The highest BCUT2D eigenvalue weighted by Crippen LogP contribution is 2.34. The summed E-state index contributed by atoms with van der Waals surface area (Å²) in [6.45, 7) is 2.62. The monoisotopic (exact) mass is 302 g/mol. The van der Waals surface area contributed by atoms with Gasteiger partial charge in [-0.1, -0.05) is 6.92 Å². The second kappa shape index (κ2) is 7.28. The largest absolute Gasteiger partial charge is 0.494 e. The van der Waals surface area contributed by atoms with E-state index in [4.69, 9.17) is 9.47 Å². The molecule has 2 rings (SSSR count). The third-order valence-electron chi connectivity index (χ3n) is 4.05. The summed E-state index contributed by atoms with van der Waals surface area (Å²) in [5.41, 5.74) is 0.135. The predicted molar refractivity (Wildman–Crippen MR) is 83.8 cm³/mol. The van der Waals surface area contributed by atoms with Gasteiger partial charge in [0.1, 0.15) is 17.4 Å². The van der Waals surface area contributed by atoms with Crippen LogP contribution >= 0.6 is 0 Å². The van der Waals surface area contributed by atoms with Crippen molar-refractivity contribution in [1.29, 1.82) is 5.26 Å². The van der Waals surface area contributed by atoms with Crippen LogP contribution in [0.1, 0.15) is 44.6 Å². The van der Waals surface area contributed by atoms with Crippen LogP contribution in [-0.2, 0) is 9.53 Å². The molecular formula is C17H22N2O3. The average molecular weight is 302 g/mol. The van der Waals surface area contributed by atoms with Crippen molar-refractivity contribution >= 4 is 11.6 Å². The van der Waals surface area contributed by atoms with Crippen molar-refractivity contribution in [2.45, 2.75) is 44.6 Å². The fraction of sp³-hybridized carbons (Fsp3) is 0.529. The Balaban J connectivity index is 2.15. The van der Waals surface area contributed by atoms with Crippen LogP contribution in [0.15, 0.2) is 18.2 Å². The summed E-state index contributed by atoms with van der Waals surface area (Å²) < 4.78 is 11.0. The first-order chi connectivity index (χ1) is 10.6. The molecule has 22 heavy (non-hydrogen) atoms. The second-order valence-electron chi connectivity index (χ2n) is 5.53. The molecule has 0 aliphatic heterocycles. The SMILES string of the molecule is CCCOc1ccc(NC(=O)C2(OC)CCCC2)c(C#N)c1. The number of nitrogens with zero attached hydrogens (tertiary/aromatic N) is 1. The van der Waals surface area contributed by atoms with Crippen molar-refractivity contribution in [2.75, 3.05) is 19.0 Å². The van der Waals surface area contributed by atoms with Crippen LogP contribution in [-0.4, -0.2) is 25.2 Å². The molecule has 0 saturated heterocycles. The van der Waals surface area contributed by atoms with E-state index in [9.17, 15) is 10.1 Å². The van der Waals surface area contributed by atoms with E-state index in [-0.39, 0.29) is 5.91 Å². The number of hydrogen-bond acceptors (Lipinski definition) is 4. The van der Waals surface area contributed by atoms with Crippen molar-refractivity contribution in [3.8, 4) is 11.8 Å². The number of amides is 1. The molecule has 5 heteroatoms. The standard InChI is InChI=1S/C17H22N2O3/c1-3-10-22-14-6-7-15(13(11-14)12-18)19-16(20)17(21-2)8-4-5-9-17/h6-7,11H,3-5,8-10H2,1-2H3,(H,19,20). The molecule has 1 aliphatic rings. The number of carbonyl (C=O) groups is 1. The van der Waals surface area contributed by atoms with Gasteiger partial charge < -0.3 is 14.8 Å². The highest BCUT2D eigenvalue weighted by atomic mass is 16.5. The summed E-state index contributed by atoms with van der Waals surface area (Å²) in [6, 6.07) is 7.23. The minimum atomic E-state index is -0.760. The molecular weight excluding hydrogens is 280 g/mol. The van der Waals surface area contributed by atoms with E-state index in [0.717, 1.165) is 32.1 Å². The summed E-state index contributed by atoms with van der Waals surface area (Å²) >= 11 is 0. The fourth-order valence-electron chi connectivity index (χ4n) is 2.74. The fourth-order valence-corrected chi connectivity index (χ4v) is 2.74. The summed E-state index contributed by atoms with van der Waals surface area (Å²) in [4.78, 5) is 12.5. The van der Waals surface area contributed by atoms with E-state index >= 15 is 0 Å². The Morgan fingerprint density at radius 2 is 2.14 bits per heavy atom. The van der Waals surface area contributed by atoms with Gasteiger partial charge in [0.15, 0.2) is 0 Å². The molecule has 118 valence electrons. The lowest BCUT2D eigenvalue weighted by molar-refractivity contribution is -0.137. The van der Waals surface area contributed by atoms with Crippen LogP contribution in [0.2, 0.25) is 0 Å². The normalized spacial score (nSPS) is 16.0. The second-order valence-corrected chi connectivity index (χ2v) is 5.53. The number of nitrogens with one attached hydrogen (secondary N) is 1. The summed E-state index contributed by atoms with van der Waals surface area (Å²) in [7, 11) is 1.57. The summed E-state index contributed by atoms with van der Waals surface area (Å²) in [6.07, 6.45) is 4.30. The molecule has 0 spiro atoms. The molecule has 0 unspecified atom stereocenters. The molecule has 0 atom stereocenters. The number of methoxy groups -OCH3 is 1. The lowest BCUT2D eigenvalue weighted by atomic mass is 10.0. The topological polar surface area (TPSA) is 71.3 Å². The number of benzene rings is 1. The molecule has 1 saturated carbocycles. The van der Waals surface area contributed by atoms with Gasteiger partial charge in [-0.05, 0) is 50.3 Å². The Bertz CT molecular complexity index is 572. The lowest BCUT2D eigenvalue weighted by Crippen LogP contribution is -2.42. The quantitative estimate of drug-likeness (QED) is 0.875. The molecule has 1 amide bonds. The highest BCUT2D eigenvalue weighted by Gasteiger charge is 2.41. The molecule has 1 fully saturated rings. The molecule has 1 N–H and O–H groups in total. The van der Waals surface area contributed by atoms with Gasteiger partial charge in [-0.2, -0.15) is 5.26 Å². The zero-order valence-corrected chi connectivity index (χ0v) is 13.1. The minimum Gasteiger partial charge on any atom is -0.494 e. The zero-order chi connectivity index (χ0) is 16.0. The van der Waals surface area contributed by atoms with Crippen LogP contribution in [0.3, 0.4) is 0 Å². The lowest BCUT2D eigenvalue weighted by Gasteiger charge is -2.26. The Morgan fingerprint density at radius 3 is 2.73 bits per heavy atom. The van der Waals surface area contributed by atoms with Crippen LogP contribution in [0, 0.1) is 11.3 Å².